The lowest BCUT2D eigenvalue weighted by atomic mass is 10.0. The van der Waals surface area contributed by atoms with E-state index in [1.165, 1.54) is 13.2 Å². The van der Waals surface area contributed by atoms with E-state index < -0.39 is 0 Å². The van der Waals surface area contributed by atoms with Gasteiger partial charge in [-0.3, -0.25) is 4.79 Å². The van der Waals surface area contributed by atoms with Gasteiger partial charge in [-0.05, 0) is 52.7 Å². The molecule has 0 atom stereocenters. The third-order valence-electron chi connectivity index (χ3n) is 4.09. The first-order chi connectivity index (χ1) is 12.6. The lowest BCUT2D eigenvalue weighted by Crippen LogP contribution is -2.00. The van der Waals surface area contributed by atoms with Crippen molar-refractivity contribution in [3.8, 4) is 5.75 Å². The minimum Gasteiger partial charge on any atom is -0.497 e. The summed E-state index contributed by atoms with van der Waals surface area (Å²) in [4.78, 5) is 23.8. The van der Waals surface area contributed by atoms with Crippen LogP contribution in [0.1, 0.15) is 26.3 Å². The second kappa shape index (κ2) is 7.66. The molecule has 4 nitrogen and oxygen atoms in total. The number of methoxy groups -OCH3 is 2. The Kier molecular flexibility index (Phi) is 5.13. The summed E-state index contributed by atoms with van der Waals surface area (Å²) in [5.74, 6) is 0.316. The zero-order valence-corrected chi connectivity index (χ0v) is 14.6. The Labute approximate surface area is 151 Å². The number of benzene rings is 3. The summed E-state index contributed by atoms with van der Waals surface area (Å²) in [7, 11) is 2.97. The van der Waals surface area contributed by atoms with E-state index in [1.54, 1.807) is 43.5 Å². The van der Waals surface area contributed by atoms with Gasteiger partial charge in [0, 0.05) is 5.56 Å². The molecule has 0 aliphatic rings. The molecule has 26 heavy (non-hydrogen) atoms. The molecule has 130 valence electrons. The van der Waals surface area contributed by atoms with Crippen LogP contribution in [0.15, 0.2) is 66.7 Å². The molecule has 0 aromatic heterocycles. The first kappa shape index (κ1) is 17.4. The topological polar surface area (TPSA) is 52.6 Å². The zero-order valence-electron chi connectivity index (χ0n) is 14.6. The number of rotatable bonds is 5. The number of carbonyl (C=O) groups excluding carboxylic acids is 2. The van der Waals surface area contributed by atoms with Crippen LogP contribution in [0.2, 0.25) is 0 Å². The van der Waals surface area contributed by atoms with Gasteiger partial charge in [0.15, 0.2) is 5.78 Å². The maximum atomic E-state index is 12.4. The Balaban J connectivity index is 1.77. The van der Waals surface area contributed by atoms with Gasteiger partial charge >= 0.3 is 5.97 Å². The molecule has 0 aliphatic carbocycles. The average molecular weight is 346 g/mol. The highest BCUT2D eigenvalue weighted by Crippen LogP contribution is 2.22. The van der Waals surface area contributed by atoms with E-state index in [2.05, 4.69) is 4.74 Å². The summed E-state index contributed by atoms with van der Waals surface area (Å²) >= 11 is 0. The van der Waals surface area contributed by atoms with Gasteiger partial charge in [0.05, 0.1) is 19.8 Å². The molecule has 0 fully saturated rings. The molecule has 0 spiro atoms. The normalized spacial score (nSPS) is 10.8. The largest absolute Gasteiger partial charge is 0.497 e. The van der Waals surface area contributed by atoms with Gasteiger partial charge in [0.25, 0.3) is 0 Å². The fourth-order valence-electron chi connectivity index (χ4n) is 2.62. The summed E-state index contributed by atoms with van der Waals surface area (Å²) in [5, 5.41) is 2.00. The van der Waals surface area contributed by atoms with Crippen molar-refractivity contribution < 1.29 is 19.1 Å². The molecule has 3 aromatic carbocycles. The molecule has 0 saturated heterocycles. The van der Waals surface area contributed by atoms with Crippen LogP contribution in [0.25, 0.3) is 16.8 Å². The predicted molar refractivity (Wildman–Crippen MR) is 102 cm³/mol. The molecule has 0 heterocycles. The van der Waals surface area contributed by atoms with Crippen molar-refractivity contribution in [2.45, 2.75) is 0 Å². The Bertz CT molecular complexity index is 985. The van der Waals surface area contributed by atoms with E-state index in [4.69, 9.17) is 4.74 Å². The summed E-state index contributed by atoms with van der Waals surface area (Å²) in [5.41, 5.74) is 1.92. The first-order valence-corrected chi connectivity index (χ1v) is 8.09. The van der Waals surface area contributed by atoms with Crippen LogP contribution in [-0.2, 0) is 4.74 Å². The summed E-state index contributed by atoms with van der Waals surface area (Å²) in [6.07, 6.45) is 3.25. The molecular weight excluding hydrogens is 328 g/mol. The minimum atomic E-state index is -0.385. The number of carbonyl (C=O) groups is 2. The van der Waals surface area contributed by atoms with Crippen molar-refractivity contribution in [1.82, 2.24) is 0 Å². The highest BCUT2D eigenvalue weighted by Gasteiger charge is 2.05. The van der Waals surface area contributed by atoms with Crippen molar-refractivity contribution in [3.05, 3.63) is 83.4 Å². The highest BCUT2D eigenvalue weighted by molar-refractivity contribution is 6.08. The molecule has 3 rings (SSSR count). The van der Waals surface area contributed by atoms with Crippen molar-refractivity contribution in [2.24, 2.45) is 0 Å². The van der Waals surface area contributed by atoms with Crippen LogP contribution >= 0.6 is 0 Å². The van der Waals surface area contributed by atoms with E-state index in [0.29, 0.717) is 11.1 Å². The van der Waals surface area contributed by atoms with Crippen LogP contribution in [0.3, 0.4) is 0 Å². The maximum Gasteiger partial charge on any atom is 0.337 e. The minimum absolute atomic E-state index is 0.0836. The number of esters is 1. The lowest BCUT2D eigenvalue weighted by Gasteiger charge is -2.04. The second-order valence-electron chi connectivity index (χ2n) is 5.74. The average Bonchev–Trinajstić information content (AvgIpc) is 2.70. The van der Waals surface area contributed by atoms with E-state index >= 15 is 0 Å². The van der Waals surface area contributed by atoms with Crippen LogP contribution in [-0.4, -0.2) is 26.0 Å². The van der Waals surface area contributed by atoms with Gasteiger partial charge in [-0.25, -0.2) is 4.79 Å². The molecule has 0 saturated carbocycles. The van der Waals surface area contributed by atoms with Crippen LogP contribution in [0.5, 0.6) is 5.75 Å². The van der Waals surface area contributed by atoms with Crippen LogP contribution in [0.4, 0.5) is 0 Å². The van der Waals surface area contributed by atoms with Gasteiger partial charge in [0.1, 0.15) is 5.75 Å². The third-order valence-corrected chi connectivity index (χ3v) is 4.09. The molecule has 0 bridgehead atoms. The summed E-state index contributed by atoms with van der Waals surface area (Å²) < 4.78 is 9.87. The van der Waals surface area contributed by atoms with Crippen molar-refractivity contribution in [2.75, 3.05) is 14.2 Å². The fourth-order valence-corrected chi connectivity index (χ4v) is 2.62. The van der Waals surface area contributed by atoms with E-state index in [0.717, 1.165) is 22.1 Å². The molecule has 0 unspecified atom stereocenters. The van der Waals surface area contributed by atoms with E-state index in [1.807, 2.05) is 30.3 Å². The van der Waals surface area contributed by atoms with Gasteiger partial charge in [0.2, 0.25) is 0 Å². The SMILES string of the molecule is COC(=O)c1ccc(C=CC(=O)c2ccc3cc(OC)ccc3c2)cc1. The summed E-state index contributed by atoms with van der Waals surface area (Å²) in [6, 6.07) is 18.2. The second-order valence-corrected chi connectivity index (χ2v) is 5.74. The number of ether oxygens (including phenoxy) is 2. The zero-order chi connectivity index (χ0) is 18.5. The first-order valence-electron chi connectivity index (χ1n) is 8.09. The molecule has 3 aromatic rings. The monoisotopic (exact) mass is 346 g/mol. The Morgan fingerprint density at radius 2 is 1.46 bits per heavy atom. The van der Waals surface area contributed by atoms with Gasteiger partial charge in [-0.15, -0.1) is 0 Å². The Hall–Kier alpha value is -3.40. The number of ketones is 1. The number of hydrogen-bond donors (Lipinski definition) is 0. The third kappa shape index (κ3) is 3.81. The van der Waals surface area contributed by atoms with Crippen molar-refractivity contribution in [1.29, 1.82) is 0 Å². The highest BCUT2D eigenvalue weighted by atomic mass is 16.5. The van der Waals surface area contributed by atoms with Crippen molar-refractivity contribution in [3.63, 3.8) is 0 Å². The Morgan fingerprint density at radius 1 is 0.808 bits per heavy atom. The lowest BCUT2D eigenvalue weighted by molar-refractivity contribution is 0.0600. The smallest absolute Gasteiger partial charge is 0.337 e. The van der Waals surface area contributed by atoms with Crippen LogP contribution in [0, 0.1) is 0 Å². The fraction of sp³-hybridized carbons (Fsp3) is 0.0909. The number of hydrogen-bond acceptors (Lipinski definition) is 4. The maximum absolute atomic E-state index is 12.4. The van der Waals surface area contributed by atoms with Gasteiger partial charge < -0.3 is 9.47 Å². The van der Waals surface area contributed by atoms with E-state index in [-0.39, 0.29) is 11.8 Å². The molecular formula is C22H18O4. The van der Waals surface area contributed by atoms with Gasteiger partial charge in [-0.1, -0.05) is 36.4 Å². The predicted octanol–water partition coefficient (Wildman–Crippen LogP) is 4.53. The molecule has 0 amide bonds. The number of fused-ring (bicyclic) bond motifs is 1. The quantitative estimate of drug-likeness (QED) is 0.387. The number of allylic oxidation sites excluding steroid dienone is 1. The molecule has 0 aliphatic heterocycles. The molecule has 0 N–H and O–H groups in total. The van der Waals surface area contributed by atoms with Crippen LogP contribution < -0.4 is 4.74 Å². The van der Waals surface area contributed by atoms with Gasteiger partial charge in [-0.2, -0.15) is 0 Å². The summed E-state index contributed by atoms with van der Waals surface area (Å²) in [6.45, 7) is 0. The molecule has 0 radical (unpaired) electrons. The standard InChI is InChI=1S/C22H18O4/c1-25-20-11-10-17-13-19(9-8-18(17)14-20)21(23)12-5-15-3-6-16(7-4-15)22(24)26-2/h3-14H,1-2H3. The van der Waals surface area contributed by atoms with Crippen molar-refractivity contribution >= 4 is 28.6 Å². The van der Waals surface area contributed by atoms with E-state index in [9.17, 15) is 9.59 Å². The Morgan fingerprint density at radius 3 is 2.15 bits per heavy atom. The molecule has 4 heteroatoms.